The van der Waals surface area contributed by atoms with Crippen LogP contribution in [0.4, 0.5) is 0 Å². The lowest BCUT2D eigenvalue weighted by Gasteiger charge is -2.37. The highest BCUT2D eigenvalue weighted by molar-refractivity contribution is 5.96. The first-order valence-electron chi connectivity index (χ1n) is 5.50. The van der Waals surface area contributed by atoms with Crippen molar-refractivity contribution in [2.75, 3.05) is 6.54 Å². The van der Waals surface area contributed by atoms with Gasteiger partial charge in [0.05, 0.1) is 5.92 Å². The number of rotatable bonds is 1. The second kappa shape index (κ2) is 3.71. The zero-order chi connectivity index (χ0) is 10.1. The number of nitrogens with zero attached hydrogens (tertiary/aromatic N) is 1. The summed E-state index contributed by atoms with van der Waals surface area (Å²) >= 11 is 0. The van der Waals surface area contributed by atoms with E-state index in [0.717, 1.165) is 19.4 Å². The van der Waals surface area contributed by atoms with Crippen molar-refractivity contribution in [2.24, 2.45) is 5.92 Å². The molecule has 1 aliphatic heterocycles. The van der Waals surface area contributed by atoms with Crippen molar-refractivity contribution in [3.63, 3.8) is 0 Å². The highest BCUT2D eigenvalue weighted by Crippen LogP contribution is 2.28. The maximum Gasteiger partial charge on any atom is 0.226 e. The van der Waals surface area contributed by atoms with Crippen LogP contribution < -0.4 is 0 Å². The monoisotopic (exact) mass is 195 g/mol. The van der Waals surface area contributed by atoms with E-state index in [-0.39, 0.29) is 17.6 Å². The van der Waals surface area contributed by atoms with Gasteiger partial charge in [0.15, 0.2) is 0 Å². The van der Waals surface area contributed by atoms with Crippen molar-refractivity contribution in [3.05, 3.63) is 0 Å². The number of hydrogen-bond donors (Lipinski definition) is 0. The third kappa shape index (κ3) is 1.68. The summed E-state index contributed by atoms with van der Waals surface area (Å²) in [6, 6.07) is 0.381. The molecule has 0 N–H and O–H groups in total. The second-order valence-electron chi connectivity index (χ2n) is 4.52. The Morgan fingerprint density at radius 1 is 1.36 bits per heavy atom. The van der Waals surface area contributed by atoms with Gasteiger partial charge in [-0.25, -0.2) is 0 Å². The number of carbonyl (C=O) groups excluding carboxylic acids is 2. The molecule has 1 aliphatic carbocycles. The molecule has 78 valence electrons. The van der Waals surface area contributed by atoms with Crippen LogP contribution in [0.1, 0.15) is 39.0 Å². The lowest BCUT2D eigenvalue weighted by molar-refractivity contribution is -0.147. The van der Waals surface area contributed by atoms with Gasteiger partial charge >= 0.3 is 0 Å². The number of carbonyl (C=O) groups is 2. The molecule has 0 aromatic carbocycles. The Morgan fingerprint density at radius 2 is 2.07 bits per heavy atom. The van der Waals surface area contributed by atoms with Gasteiger partial charge in [-0.05, 0) is 26.2 Å². The first kappa shape index (κ1) is 9.69. The highest BCUT2D eigenvalue weighted by atomic mass is 16.2. The summed E-state index contributed by atoms with van der Waals surface area (Å²) in [4.78, 5) is 24.7. The van der Waals surface area contributed by atoms with Crippen molar-refractivity contribution >= 4 is 11.7 Å². The Bertz CT molecular complexity index is 254. The topological polar surface area (TPSA) is 37.4 Å². The van der Waals surface area contributed by atoms with Crippen molar-refractivity contribution < 1.29 is 9.59 Å². The maximum atomic E-state index is 11.9. The van der Waals surface area contributed by atoms with Crippen LogP contribution in [0, 0.1) is 5.92 Å². The van der Waals surface area contributed by atoms with Crippen molar-refractivity contribution in [2.45, 2.75) is 45.1 Å². The molecule has 0 bridgehead atoms. The molecule has 3 heteroatoms. The van der Waals surface area contributed by atoms with Gasteiger partial charge in [-0.3, -0.25) is 9.59 Å². The van der Waals surface area contributed by atoms with Gasteiger partial charge in [0, 0.05) is 25.4 Å². The van der Waals surface area contributed by atoms with E-state index in [9.17, 15) is 9.59 Å². The summed E-state index contributed by atoms with van der Waals surface area (Å²) in [5, 5.41) is 0. The number of likely N-dealkylation sites (tertiary alicyclic amines) is 1. The zero-order valence-electron chi connectivity index (χ0n) is 8.66. The molecule has 1 saturated carbocycles. The fourth-order valence-corrected chi connectivity index (χ4v) is 2.32. The van der Waals surface area contributed by atoms with E-state index in [1.165, 1.54) is 6.42 Å². The minimum Gasteiger partial charge on any atom is -0.340 e. The third-order valence-electron chi connectivity index (χ3n) is 3.38. The molecular weight excluding hydrogens is 178 g/mol. The van der Waals surface area contributed by atoms with Gasteiger partial charge in [0.2, 0.25) is 5.91 Å². The van der Waals surface area contributed by atoms with Crippen molar-refractivity contribution in [1.82, 2.24) is 4.90 Å². The van der Waals surface area contributed by atoms with E-state index in [4.69, 9.17) is 0 Å². The van der Waals surface area contributed by atoms with Gasteiger partial charge < -0.3 is 4.90 Å². The van der Waals surface area contributed by atoms with E-state index in [1.54, 1.807) is 0 Å². The molecule has 1 atom stereocenters. The summed E-state index contributed by atoms with van der Waals surface area (Å²) < 4.78 is 0. The molecule has 0 aromatic rings. The van der Waals surface area contributed by atoms with Crippen LogP contribution in [0.3, 0.4) is 0 Å². The van der Waals surface area contributed by atoms with E-state index in [2.05, 4.69) is 6.92 Å². The molecule has 14 heavy (non-hydrogen) atoms. The summed E-state index contributed by atoms with van der Waals surface area (Å²) in [5.41, 5.74) is 0. The fraction of sp³-hybridized carbons (Fsp3) is 0.818. The molecular formula is C11H17NO2. The van der Waals surface area contributed by atoms with Gasteiger partial charge in [-0.1, -0.05) is 0 Å². The Hall–Kier alpha value is -0.860. The largest absolute Gasteiger partial charge is 0.340 e. The zero-order valence-corrected chi connectivity index (χ0v) is 8.66. The van der Waals surface area contributed by atoms with E-state index in [0.29, 0.717) is 18.9 Å². The number of ketones is 1. The predicted octanol–water partition coefficient (Wildman–Crippen LogP) is 1.37. The third-order valence-corrected chi connectivity index (χ3v) is 3.38. The molecule has 1 amide bonds. The van der Waals surface area contributed by atoms with Crippen LogP contribution in [0.15, 0.2) is 0 Å². The molecule has 0 aromatic heterocycles. The molecule has 1 unspecified atom stereocenters. The summed E-state index contributed by atoms with van der Waals surface area (Å²) in [6.07, 6.45) is 4.45. The van der Waals surface area contributed by atoms with Crippen molar-refractivity contribution in [1.29, 1.82) is 0 Å². The van der Waals surface area contributed by atoms with Gasteiger partial charge in [0.1, 0.15) is 5.78 Å². The first-order valence-corrected chi connectivity index (χ1v) is 5.50. The average Bonchev–Trinajstić information content (AvgIpc) is 2.13. The Balaban J connectivity index is 1.93. The fourth-order valence-electron chi connectivity index (χ4n) is 2.32. The van der Waals surface area contributed by atoms with E-state index >= 15 is 0 Å². The Morgan fingerprint density at radius 3 is 2.64 bits per heavy atom. The maximum absolute atomic E-state index is 11.9. The van der Waals surface area contributed by atoms with Crippen LogP contribution >= 0.6 is 0 Å². The molecule has 0 spiro atoms. The standard InChI is InChI=1S/C11H17NO2/c1-8-4-2-3-5-12(8)11(14)9-6-10(13)7-9/h8-9H,2-7H2,1H3. The molecule has 1 saturated heterocycles. The van der Waals surface area contributed by atoms with Crippen LogP contribution in [-0.4, -0.2) is 29.2 Å². The average molecular weight is 195 g/mol. The second-order valence-corrected chi connectivity index (χ2v) is 4.52. The summed E-state index contributed by atoms with van der Waals surface area (Å²) in [6.45, 7) is 3.00. The van der Waals surface area contributed by atoms with Crippen LogP contribution in [0.5, 0.6) is 0 Å². The molecule has 2 aliphatic rings. The quantitative estimate of drug-likeness (QED) is 0.633. The highest BCUT2D eigenvalue weighted by Gasteiger charge is 2.37. The summed E-state index contributed by atoms with van der Waals surface area (Å²) in [5.74, 6) is 0.480. The Kier molecular flexibility index (Phi) is 2.57. The summed E-state index contributed by atoms with van der Waals surface area (Å²) in [7, 11) is 0. The minimum atomic E-state index is 0.0167. The Labute approximate surface area is 84.5 Å². The molecule has 2 fully saturated rings. The number of Topliss-reactive ketones (excluding diaryl/α,β-unsaturated/α-hetero) is 1. The normalized spacial score (nSPS) is 28.8. The van der Waals surface area contributed by atoms with Crippen molar-refractivity contribution in [3.8, 4) is 0 Å². The predicted molar refractivity (Wildman–Crippen MR) is 52.8 cm³/mol. The minimum absolute atomic E-state index is 0.0167. The van der Waals surface area contributed by atoms with E-state index < -0.39 is 0 Å². The molecule has 0 radical (unpaired) electrons. The lowest BCUT2D eigenvalue weighted by Crippen LogP contribution is -2.48. The molecule has 3 nitrogen and oxygen atoms in total. The van der Waals surface area contributed by atoms with Crippen LogP contribution in [0.25, 0.3) is 0 Å². The number of hydrogen-bond acceptors (Lipinski definition) is 2. The SMILES string of the molecule is CC1CCCCN1C(=O)C1CC(=O)C1. The number of amides is 1. The van der Waals surface area contributed by atoms with Gasteiger partial charge in [-0.2, -0.15) is 0 Å². The van der Waals surface area contributed by atoms with Crippen LogP contribution in [-0.2, 0) is 9.59 Å². The molecule has 1 heterocycles. The first-order chi connectivity index (χ1) is 6.68. The molecule has 2 rings (SSSR count). The van der Waals surface area contributed by atoms with Gasteiger partial charge in [-0.15, -0.1) is 0 Å². The van der Waals surface area contributed by atoms with Gasteiger partial charge in [0.25, 0.3) is 0 Å². The van der Waals surface area contributed by atoms with E-state index in [1.807, 2.05) is 4.90 Å². The van der Waals surface area contributed by atoms with Crippen LogP contribution in [0.2, 0.25) is 0 Å². The smallest absolute Gasteiger partial charge is 0.226 e. The number of piperidine rings is 1. The lowest BCUT2D eigenvalue weighted by atomic mass is 9.82.